The quantitative estimate of drug-likeness (QED) is 0.234. The van der Waals surface area contributed by atoms with Gasteiger partial charge in [-0.3, -0.25) is 9.59 Å². The zero-order chi connectivity index (χ0) is 56.0. The fourth-order valence-corrected chi connectivity index (χ4v) is 8.78. The molecule has 1 fully saturated rings. The van der Waals surface area contributed by atoms with Crippen LogP contribution in [0, 0.1) is 17.8 Å². The van der Waals surface area contributed by atoms with Crippen LogP contribution in [0.5, 0.6) is 0 Å². The third-order valence-corrected chi connectivity index (χ3v) is 13.6. The number of likely N-dealkylation sites (N-methyl/N-ethyl adjacent to an activating group) is 6. The monoisotopic (exact) mass is 1020 g/mol. The van der Waals surface area contributed by atoms with E-state index in [0.717, 1.165) is 5.56 Å². The summed E-state index contributed by atoms with van der Waals surface area (Å²) in [6.45, 7) is 20.6. The Balaban J connectivity index is 2.86. The minimum atomic E-state index is -1.30. The van der Waals surface area contributed by atoms with Gasteiger partial charge in [-0.1, -0.05) is 26.3 Å². The average molecular weight is 1020 g/mol. The molecule has 19 nitrogen and oxygen atoms in total. The Morgan fingerprint density at radius 3 is 1.73 bits per heavy atom. The molecule has 1 saturated heterocycles. The van der Waals surface area contributed by atoms with Crippen molar-refractivity contribution in [2.24, 2.45) is 17.8 Å². The van der Waals surface area contributed by atoms with Crippen molar-refractivity contribution in [3.05, 3.63) is 35.9 Å². The van der Waals surface area contributed by atoms with Crippen molar-refractivity contribution in [2.45, 2.75) is 175 Å². The first kappa shape index (κ1) is 63.8. The summed E-state index contributed by atoms with van der Waals surface area (Å²) in [7, 11) is 15.5. The van der Waals surface area contributed by atoms with Crippen LogP contribution in [0.15, 0.2) is 30.3 Å². The number of hydrogen-bond donors (Lipinski definition) is 4. The number of hydrogen-bond acceptors (Lipinski definition) is 11. The molecule has 1 heterocycles. The average Bonchev–Trinajstić information content (AvgIpc) is 3.31. The zero-order valence-electron chi connectivity index (χ0n) is 47.1. The third kappa shape index (κ3) is 18.5. The van der Waals surface area contributed by atoms with E-state index in [2.05, 4.69) is 16.0 Å². The minimum absolute atomic E-state index is 0.0667. The van der Waals surface area contributed by atoms with Crippen molar-refractivity contribution in [1.82, 2.24) is 45.3 Å². The molecule has 10 atom stereocenters. The van der Waals surface area contributed by atoms with E-state index in [1.165, 1.54) is 78.6 Å². The van der Waals surface area contributed by atoms with E-state index in [0.29, 0.717) is 6.42 Å². The molecule has 0 aromatic heterocycles. The van der Waals surface area contributed by atoms with E-state index < -0.39 is 114 Å². The Bertz CT molecular complexity index is 2070. The van der Waals surface area contributed by atoms with Gasteiger partial charge in [0.2, 0.25) is 11.8 Å². The molecule has 0 aliphatic carbocycles. The molecule has 4 N–H and O–H groups in total. The number of carbonyl (C=O) groups is 8. The van der Waals surface area contributed by atoms with Crippen molar-refractivity contribution in [3.63, 3.8) is 0 Å². The van der Waals surface area contributed by atoms with Gasteiger partial charge in [0.05, 0.1) is 0 Å². The van der Waals surface area contributed by atoms with Gasteiger partial charge in [0, 0.05) is 19.5 Å². The van der Waals surface area contributed by atoms with Crippen molar-refractivity contribution >= 4 is 60.3 Å². The van der Waals surface area contributed by atoms with Gasteiger partial charge in [0.25, 0.3) is 0 Å². The van der Waals surface area contributed by atoms with Gasteiger partial charge in [0.1, 0.15) is 0 Å². The van der Waals surface area contributed by atoms with Gasteiger partial charge in [0.15, 0.2) is 0 Å². The molecule has 2 rings (SSSR count). The summed E-state index contributed by atoms with van der Waals surface area (Å²) in [5.74, 6) is -5.15. The van der Waals surface area contributed by atoms with Gasteiger partial charge >= 0.3 is 353 Å². The van der Waals surface area contributed by atoms with E-state index in [9.17, 15) is 43.5 Å². The number of ether oxygens (including phenoxy) is 1. The summed E-state index contributed by atoms with van der Waals surface area (Å²) < 4.78 is 6.04. The molecule has 1 aliphatic rings. The molecule has 0 spiro atoms. The van der Waals surface area contributed by atoms with Gasteiger partial charge < -0.3 is 5.32 Å². The molecular formula is C53H89BN9O10. The van der Waals surface area contributed by atoms with Gasteiger partial charge in [-0.2, -0.15) is 0 Å². The van der Waals surface area contributed by atoms with Crippen molar-refractivity contribution in [2.75, 3.05) is 55.4 Å². The van der Waals surface area contributed by atoms with Gasteiger partial charge in [-0.25, -0.2) is 0 Å². The molecular weight excluding hydrogens is 933 g/mol. The maximum absolute atomic E-state index is 14.9. The van der Waals surface area contributed by atoms with E-state index in [1.807, 2.05) is 71.9 Å². The molecule has 20 heteroatoms. The number of aliphatic hydroxyl groups excluding tert-OH is 1. The van der Waals surface area contributed by atoms with Gasteiger partial charge in [-0.15, -0.1) is 0 Å². The Hall–Kier alpha value is -5.37. The molecule has 1 radical (unpaired) electrons. The molecule has 1 aromatic rings. The fourth-order valence-electron chi connectivity index (χ4n) is 8.78. The molecule has 0 saturated carbocycles. The van der Waals surface area contributed by atoms with Crippen LogP contribution in [-0.4, -0.2) is 210 Å². The van der Waals surface area contributed by atoms with Crippen molar-refractivity contribution in [1.29, 1.82) is 0 Å². The maximum atomic E-state index is 14.9. The number of nitrogens with one attached hydrogen (secondary N) is 3. The molecule has 73 heavy (non-hydrogen) atoms. The zero-order valence-corrected chi connectivity index (χ0v) is 47.1. The number of carbonyl (C=O) groups excluding carboxylic acids is 8. The summed E-state index contributed by atoms with van der Waals surface area (Å²) in [4.78, 5) is 123. The molecule has 1 aromatic carbocycles. The predicted molar refractivity (Wildman–Crippen MR) is 284 cm³/mol. The van der Waals surface area contributed by atoms with Crippen LogP contribution >= 0.6 is 0 Å². The first-order valence-electron chi connectivity index (χ1n) is 25.7. The standard InChI is InChI=1S/C53H89BN9O10/c1-19-33(6)45-48(68)55-34(7)27-43(66)59(14)35(8)49(69)61(16)41(28-37-23-21-20-22-24-37)51(71)60(15)39(25-31(2)3)47(67)57-44(36(9)64)46(54)58(13)29-42(65)56-38(30-73-53(10,11)12)50(70)62(17)40(26-32(4)5)52(72)63(45)18/h20-24,31-36,38-41,44-45,64H,19,25-30H2,1-18H3,(H,55,68)(H,56,65)(H,57,67)/t33-,34+,35+,36+,38-,39-,40-,41-,44-,45-/m0/s1. The summed E-state index contributed by atoms with van der Waals surface area (Å²) in [6, 6.07) is 0.333. The van der Waals surface area contributed by atoms with Crippen LogP contribution < -0.4 is 16.0 Å². The second-order valence-corrected chi connectivity index (χ2v) is 22.0. The molecule has 0 unspecified atom stereocenters. The van der Waals surface area contributed by atoms with E-state index >= 15 is 0 Å². The molecule has 8 amide bonds. The van der Waals surface area contributed by atoms with Crippen molar-refractivity contribution in [3.8, 4) is 0 Å². The summed E-state index contributed by atoms with van der Waals surface area (Å²) >= 11 is 0. The Kier molecular flexibility index (Phi) is 24.8. The number of nitrogens with zero attached hydrogens (tertiary/aromatic N) is 6. The number of rotatable bonds is 11. The number of benzene rings is 1. The van der Waals surface area contributed by atoms with Gasteiger partial charge in [-0.05, 0) is 12.8 Å². The van der Waals surface area contributed by atoms with Crippen LogP contribution in [-0.2, 0) is 49.5 Å². The van der Waals surface area contributed by atoms with Crippen LogP contribution in [0.1, 0.15) is 114 Å². The third-order valence-electron chi connectivity index (χ3n) is 13.6. The topological polar surface area (TPSA) is 222 Å². The van der Waals surface area contributed by atoms with E-state index in [-0.39, 0.29) is 55.6 Å². The fraction of sp³-hybridized carbons (Fsp3) is 0.717. The summed E-state index contributed by atoms with van der Waals surface area (Å²) in [5, 5.41) is 19.6. The summed E-state index contributed by atoms with van der Waals surface area (Å²) in [5.41, 5.74) is -0.106. The molecule has 1 aliphatic heterocycles. The SMILES string of the molecule is [B]=C1[C@H]([C@@H](C)O)NC(=O)[C@H](CC(C)C)N(C)C(=O)[C@H](Cc2ccccc2)N(C)C(=O)[C@@H](C)N(C)C(=O)C[C@@H](C)NC(=O)[C@H]([C@@H](C)CC)N(C)C(=O)[C@H](CC(C)C)N(C)C(=O)[C@H](COC(C)(C)C)NC(=O)CN1C. The summed E-state index contributed by atoms with van der Waals surface area (Å²) in [6.07, 6.45) is -0.551. The number of amides is 8. The second kappa shape index (κ2) is 28.3. The normalized spacial score (nSPS) is 26.2. The number of aliphatic hydroxyl groups is 1. The van der Waals surface area contributed by atoms with Crippen LogP contribution in [0.25, 0.3) is 0 Å². The van der Waals surface area contributed by atoms with E-state index in [1.54, 1.807) is 34.6 Å². The first-order valence-corrected chi connectivity index (χ1v) is 25.7. The van der Waals surface area contributed by atoms with Crippen LogP contribution in [0.2, 0.25) is 0 Å². The predicted octanol–water partition coefficient (Wildman–Crippen LogP) is 1.83. The molecule has 0 bridgehead atoms. The van der Waals surface area contributed by atoms with Crippen LogP contribution in [0.3, 0.4) is 0 Å². The Morgan fingerprint density at radius 1 is 0.685 bits per heavy atom. The first-order chi connectivity index (χ1) is 33.7. The molecule has 409 valence electrons. The van der Waals surface area contributed by atoms with Crippen LogP contribution in [0.4, 0.5) is 0 Å². The second-order valence-electron chi connectivity index (χ2n) is 22.0. The van der Waals surface area contributed by atoms with Crippen molar-refractivity contribution < 1.29 is 48.2 Å². The Labute approximate surface area is 436 Å². The van der Waals surface area contributed by atoms with E-state index in [4.69, 9.17) is 12.2 Å². The Morgan fingerprint density at radius 2 is 1.21 bits per heavy atom.